The minimum absolute atomic E-state index is 0.596. The lowest BCUT2D eigenvalue weighted by Gasteiger charge is -2.25. The molecule has 0 saturated carbocycles. The van der Waals surface area contributed by atoms with Crippen molar-refractivity contribution in [3.05, 3.63) is 41.4 Å². The number of nitrogens with one attached hydrogen (secondary N) is 1. The Kier molecular flexibility index (Phi) is 4.31. The van der Waals surface area contributed by atoms with Crippen molar-refractivity contribution >= 4 is 23.1 Å². The predicted octanol–water partition coefficient (Wildman–Crippen LogP) is 2.27. The molecule has 0 aliphatic rings. The van der Waals surface area contributed by atoms with Crippen LogP contribution >= 0.6 is 23.1 Å². The van der Waals surface area contributed by atoms with E-state index < -0.39 is 5.54 Å². The summed E-state index contributed by atoms with van der Waals surface area (Å²) in [7, 11) is 1.80. The zero-order valence-corrected chi connectivity index (χ0v) is 11.5. The van der Waals surface area contributed by atoms with E-state index in [2.05, 4.69) is 21.6 Å². The third kappa shape index (κ3) is 2.70. The van der Waals surface area contributed by atoms with Crippen molar-refractivity contribution in [3.63, 3.8) is 0 Å². The number of nitriles is 1. The summed E-state index contributed by atoms with van der Waals surface area (Å²) in [6.45, 7) is 0. The first-order valence-corrected chi connectivity index (χ1v) is 7.22. The molecule has 0 fully saturated rings. The second kappa shape index (κ2) is 5.96. The average Bonchev–Trinajstić information content (AvgIpc) is 2.95. The maximum absolute atomic E-state index is 9.50. The van der Waals surface area contributed by atoms with Crippen LogP contribution < -0.4 is 5.32 Å². The highest BCUT2D eigenvalue weighted by Gasteiger charge is 2.30. The van der Waals surface area contributed by atoms with Gasteiger partial charge in [-0.3, -0.25) is 5.32 Å². The molecule has 0 amide bonds. The van der Waals surface area contributed by atoms with Gasteiger partial charge in [0.1, 0.15) is 11.0 Å². The highest BCUT2D eigenvalue weighted by atomic mass is 32.2. The predicted molar refractivity (Wildman–Crippen MR) is 73.4 cm³/mol. The topological polar surface area (TPSA) is 61.6 Å². The molecule has 1 aromatic heterocycles. The van der Waals surface area contributed by atoms with Crippen LogP contribution in [0.3, 0.4) is 0 Å². The lowest BCUT2D eigenvalue weighted by atomic mass is 9.94. The fourth-order valence-electron chi connectivity index (χ4n) is 1.57. The van der Waals surface area contributed by atoms with E-state index in [4.69, 9.17) is 0 Å². The van der Waals surface area contributed by atoms with Crippen molar-refractivity contribution in [3.8, 4) is 6.07 Å². The lowest BCUT2D eigenvalue weighted by Crippen LogP contribution is -2.41. The molecule has 4 nitrogen and oxygen atoms in total. The van der Waals surface area contributed by atoms with E-state index in [1.165, 1.54) is 23.1 Å². The van der Waals surface area contributed by atoms with E-state index in [0.29, 0.717) is 5.75 Å². The Bertz CT molecular complexity index is 521. The van der Waals surface area contributed by atoms with Crippen LogP contribution in [0.1, 0.15) is 5.56 Å². The molecule has 1 heterocycles. The molecule has 1 atom stereocenters. The number of rotatable bonds is 5. The summed E-state index contributed by atoms with van der Waals surface area (Å²) in [6.07, 6.45) is 0. The van der Waals surface area contributed by atoms with Crippen molar-refractivity contribution in [2.75, 3.05) is 12.8 Å². The minimum Gasteiger partial charge on any atom is -0.298 e. The molecule has 18 heavy (non-hydrogen) atoms. The summed E-state index contributed by atoms with van der Waals surface area (Å²) in [4.78, 5) is 0. The van der Waals surface area contributed by atoms with E-state index in [1.807, 2.05) is 30.3 Å². The van der Waals surface area contributed by atoms with Crippen molar-refractivity contribution in [1.82, 2.24) is 15.5 Å². The van der Waals surface area contributed by atoms with Crippen LogP contribution in [0.15, 0.2) is 40.2 Å². The Balaban J connectivity index is 2.20. The first kappa shape index (κ1) is 13.0. The van der Waals surface area contributed by atoms with Crippen LogP contribution in [-0.2, 0) is 5.54 Å². The van der Waals surface area contributed by atoms with Crippen molar-refractivity contribution in [2.24, 2.45) is 0 Å². The van der Waals surface area contributed by atoms with Gasteiger partial charge in [-0.25, -0.2) is 0 Å². The molecule has 1 aromatic carbocycles. The summed E-state index contributed by atoms with van der Waals surface area (Å²) >= 11 is 3.02. The van der Waals surface area contributed by atoms with Gasteiger partial charge in [-0.2, -0.15) is 5.26 Å². The molecule has 2 rings (SSSR count). The van der Waals surface area contributed by atoms with Gasteiger partial charge in [0, 0.05) is 5.75 Å². The van der Waals surface area contributed by atoms with Crippen LogP contribution in [0.2, 0.25) is 0 Å². The molecule has 0 saturated heterocycles. The van der Waals surface area contributed by atoms with Gasteiger partial charge in [-0.05, 0) is 12.6 Å². The van der Waals surface area contributed by atoms with Crippen LogP contribution in [-0.4, -0.2) is 23.0 Å². The second-order valence-electron chi connectivity index (χ2n) is 3.63. The summed E-state index contributed by atoms with van der Waals surface area (Å²) in [5, 5.41) is 20.4. The number of benzene rings is 1. The van der Waals surface area contributed by atoms with Gasteiger partial charge in [0.05, 0.1) is 6.07 Å². The van der Waals surface area contributed by atoms with E-state index in [9.17, 15) is 5.26 Å². The number of hydrogen-bond donors (Lipinski definition) is 1. The van der Waals surface area contributed by atoms with Crippen molar-refractivity contribution in [1.29, 1.82) is 5.26 Å². The molecule has 2 aromatic rings. The SMILES string of the molecule is CNC(C#N)(CSc1nncs1)c1ccccc1. The molecule has 0 aliphatic carbocycles. The van der Waals surface area contributed by atoms with Gasteiger partial charge in [-0.1, -0.05) is 53.4 Å². The molecule has 0 aliphatic heterocycles. The van der Waals surface area contributed by atoms with E-state index >= 15 is 0 Å². The van der Waals surface area contributed by atoms with Crippen LogP contribution in [0, 0.1) is 11.3 Å². The second-order valence-corrected chi connectivity index (χ2v) is 5.68. The normalized spacial score (nSPS) is 13.8. The number of nitrogens with zero attached hydrogens (tertiary/aromatic N) is 3. The monoisotopic (exact) mass is 276 g/mol. The molecular weight excluding hydrogens is 264 g/mol. The Morgan fingerprint density at radius 3 is 2.78 bits per heavy atom. The highest BCUT2D eigenvalue weighted by Crippen LogP contribution is 2.29. The number of aromatic nitrogens is 2. The Hall–Kier alpha value is -1.42. The first-order chi connectivity index (χ1) is 8.80. The van der Waals surface area contributed by atoms with Gasteiger partial charge in [0.2, 0.25) is 0 Å². The zero-order chi connectivity index (χ0) is 12.8. The molecule has 6 heteroatoms. The van der Waals surface area contributed by atoms with Gasteiger partial charge >= 0.3 is 0 Å². The van der Waals surface area contributed by atoms with Gasteiger partial charge in [-0.15, -0.1) is 10.2 Å². The zero-order valence-electron chi connectivity index (χ0n) is 9.83. The fourth-order valence-corrected chi connectivity index (χ4v) is 3.25. The van der Waals surface area contributed by atoms with Crippen molar-refractivity contribution in [2.45, 2.75) is 9.88 Å². The average molecular weight is 276 g/mol. The Morgan fingerprint density at radius 1 is 1.44 bits per heavy atom. The highest BCUT2D eigenvalue weighted by molar-refractivity contribution is 8.01. The molecule has 1 unspecified atom stereocenters. The molecule has 0 spiro atoms. The fraction of sp³-hybridized carbons (Fsp3) is 0.250. The third-order valence-corrected chi connectivity index (χ3v) is 4.67. The van der Waals surface area contributed by atoms with Gasteiger partial charge < -0.3 is 0 Å². The minimum atomic E-state index is -0.697. The molecular formula is C12H12N4S2. The third-order valence-electron chi connectivity index (χ3n) is 2.64. The Labute approximate surface area is 114 Å². The largest absolute Gasteiger partial charge is 0.298 e. The number of hydrogen-bond acceptors (Lipinski definition) is 6. The van der Waals surface area contributed by atoms with Crippen LogP contribution in [0.25, 0.3) is 0 Å². The van der Waals surface area contributed by atoms with Crippen molar-refractivity contribution < 1.29 is 0 Å². The molecule has 0 bridgehead atoms. The van der Waals surface area contributed by atoms with E-state index in [-0.39, 0.29) is 0 Å². The summed E-state index contributed by atoms with van der Waals surface area (Å²) < 4.78 is 0.876. The standard InChI is InChI=1S/C12H12N4S2/c1-14-12(7-13,10-5-3-2-4-6-10)8-17-11-16-15-9-18-11/h2-6,9,14H,8H2,1H3. The number of thioether (sulfide) groups is 1. The summed E-state index contributed by atoms with van der Waals surface area (Å²) in [6, 6.07) is 12.1. The maximum atomic E-state index is 9.50. The summed E-state index contributed by atoms with van der Waals surface area (Å²) in [5.74, 6) is 0.596. The van der Waals surface area contributed by atoms with Gasteiger partial charge in [0.15, 0.2) is 4.34 Å². The first-order valence-electron chi connectivity index (χ1n) is 5.35. The maximum Gasteiger partial charge on any atom is 0.174 e. The molecule has 92 valence electrons. The van der Waals surface area contributed by atoms with E-state index in [1.54, 1.807) is 12.6 Å². The van der Waals surface area contributed by atoms with Crippen LogP contribution in [0.5, 0.6) is 0 Å². The van der Waals surface area contributed by atoms with Gasteiger partial charge in [0.25, 0.3) is 0 Å². The molecule has 0 radical (unpaired) electrons. The van der Waals surface area contributed by atoms with E-state index in [0.717, 1.165) is 9.90 Å². The van der Waals surface area contributed by atoms with Crippen LogP contribution in [0.4, 0.5) is 0 Å². The smallest absolute Gasteiger partial charge is 0.174 e. The molecule has 1 N–H and O–H groups in total. The summed E-state index contributed by atoms with van der Waals surface area (Å²) in [5.41, 5.74) is 1.96. The lowest BCUT2D eigenvalue weighted by molar-refractivity contribution is 0.528. The quantitative estimate of drug-likeness (QED) is 0.849. The Morgan fingerprint density at radius 2 is 2.22 bits per heavy atom.